The lowest BCUT2D eigenvalue weighted by molar-refractivity contribution is -0.385. The Bertz CT molecular complexity index is 2360. The molecule has 0 radical (unpaired) electrons. The Labute approximate surface area is 288 Å². The van der Waals surface area contributed by atoms with Crippen LogP contribution in [0.25, 0.3) is 31.1 Å². The monoisotopic (exact) mass is 718 g/mol. The number of halogens is 1. The van der Waals surface area contributed by atoms with Crippen molar-refractivity contribution in [3.8, 4) is 32.6 Å². The molecule has 49 heavy (non-hydrogen) atoms. The quantitative estimate of drug-likeness (QED) is 0.105. The molecule has 0 fully saturated rings. The molecule has 7 rings (SSSR count). The van der Waals surface area contributed by atoms with Gasteiger partial charge in [0.05, 0.1) is 14.9 Å². The zero-order chi connectivity index (χ0) is 34.4. The van der Waals surface area contributed by atoms with Gasteiger partial charge >= 0.3 is 0 Å². The number of non-ortho nitro benzene ring substituents is 2. The van der Waals surface area contributed by atoms with Crippen LogP contribution < -0.4 is 9.47 Å². The van der Waals surface area contributed by atoms with Crippen LogP contribution in [0.5, 0.6) is 11.5 Å². The number of hydrogen-bond acceptors (Lipinski definition) is 14. The minimum Gasteiger partial charge on any atom is -0.485 e. The van der Waals surface area contributed by atoms with Crippen molar-refractivity contribution in [2.45, 2.75) is 39.4 Å². The summed E-state index contributed by atoms with van der Waals surface area (Å²) >= 11 is 9.29. The number of fused-ring (bicyclic) bond motifs is 2. The number of nitrogens with zero attached hydrogens (tertiary/aromatic N) is 10. The third kappa shape index (κ3) is 6.35. The summed E-state index contributed by atoms with van der Waals surface area (Å²) in [6, 6.07) is 15.8. The zero-order valence-corrected chi connectivity index (χ0v) is 28.2. The van der Waals surface area contributed by atoms with Crippen molar-refractivity contribution in [2.24, 2.45) is 0 Å². The summed E-state index contributed by atoms with van der Waals surface area (Å²) in [5, 5.41) is 49.6. The van der Waals surface area contributed by atoms with E-state index in [0.29, 0.717) is 53.7 Å². The van der Waals surface area contributed by atoms with Gasteiger partial charge in [-0.05, 0) is 35.7 Å². The molecule has 4 aromatic heterocycles. The average molecular weight is 719 g/mol. The molecule has 0 saturated carbocycles. The number of ether oxygens (including phenoxy) is 2. The van der Waals surface area contributed by atoms with Gasteiger partial charge in [-0.3, -0.25) is 20.2 Å². The number of rotatable bonds is 10. The van der Waals surface area contributed by atoms with Crippen LogP contribution in [0.2, 0.25) is 5.02 Å². The maximum atomic E-state index is 11.0. The molecule has 0 aliphatic carbocycles. The molecule has 0 spiro atoms. The van der Waals surface area contributed by atoms with Crippen LogP contribution in [0.15, 0.2) is 60.7 Å². The first kappa shape index (κ1) is 32.0. The van der Waals surface area contributed by atoms with Gasteiger partial charge in [0.1, 0.15) is 34.7 Å². The van der Waals surface area contributed by atoms with Crippen molar-refractivity contribution in [3.63, 3.8) is 0 Å². The van der Waals surface area contributed by atoms with E-state index in [1.165, 1.54) is 46.9 Å². The molecule has 19 heteroatoms. The van der Waals surface area contributed by atoms with Crippen LogP contribution in [0.1, 0.15) is 38.0 Å². The smallest absolute Gasteiger partial charge is 0.269 e. The molecule has 0 amide bonds. The molecule has 16 nitrogen and oxygen atoms in total. The minimum absolute atomic E-state index is 0.00342. The highest BCUT2D eigenvalue weighted by atomic mass is 35.5. The average Bonchev–Trinajstić information content (AvgIpc) is 3.85. The molecule has 248 valence electrons. The lowest BCUT2D eigenvalue weighted by Crippen LogP contribution is -2.15. The topological polar surface area (TPSA) is 191 Å². The second-order valence-corrected chi connectivity index (χ2v) is 14.0. The number of nitro benzene ring substituents is 2. The first-order valence-corrected chi connectivity index (χ1v) is 16.5. The van der Waals surface area contributed by atoms with Crippen molar-refractivity contribution >= 4 is 55.6 Å². The summed E-state index contributed by atoms with van der Waals surface area (Å²) in [6.07, 6.45) is 0. The van der Waals surface area contributed by atoms with E-state index < -0.39 is 9.85 Å². The first-order chi connectivity index (χ1) is 23.4. The normalized spacial score (nSPS) is 11.8. The van der Waals surface area contributed by atoms with Crippen molar-refractivity contribution < 1.29 is 19.3 Å². The maximum Gasteiger partial charge on any atom is 0.269 e. The molecule has 0 bridgehead atoms. The first-order valence-electron chi connectivity index (χ1n) is 14.5. The van der Waals surface area contributed by atoms with Gasteiger partial charge in [-0.15, -0.1) is 20.4 Å². The van der Waals surface area contributed by atoms with E-state index in [1.54, 1.807) is 39.4 Å². The van der Waals surface area contributed by atoms with Crippen molar-refractivity contribution in [1.82, 2.24) is 39.6 Å². The van der Waals surface area contributed by atoms with E-state index in [9.17, 15) is 20.2 Å². The number of aromatic nitrogens is 8. The summed E-state index contributed by atoms with van der Waals surface area (Å²) < 4.78 is 15.5. The van der Waals surface area contributed by atoms with Gasteiger partial charge in [0.25, 0.3) is 11.4 Å². The summed E-state index contributed by atoms with van der Waals surface area (Å²) in [6.45, 7) is 6.18. The largest absolute Gasteiger partial charge is 0.485 e. The van der Waals surface area contributed by atoms with Gasteiger partial charge in [0.15, 0.2) is 11.6 Å². The van der Waals surface area contributed by atoms with E-state index >= 15 is 0 Å². The highest BCUT2D eigenvalue weighted by Gasteiger charge is 2.24. The second kappa shape index (κ2) is 12.5. The van der Waals surface area contributed by atoms with Crippen LogP contribution in [0, 0.1) is 20.2 Å². The van der Waals surface area contributed by atoms with Gasteiger partial charge in [-0.25, -0.2) is 0 Å². The molecular formula is C30H23ClN10O6S2. The summed E-state index contributed by atoms with van der Waals surface area (Å²) in [4.78, 5) is 22.2. The second-order valence-electron chi connectivity index (χ2n) is 11.6. The summed E-state index contributed by atoms with van der Waals surface area (Å²) in [5.41, 5.74) is 1.90. The third-order valence-corrected chi connectivity index (χ3v) is 9.51. The number of nitro groups is 2. The third-order valence-electron chi connectivity index (χ3n) is 7.32. The molecule has 0 N–H and O–H groups in total. The lowest BCUT2D eigenvalue weighted by Gasteiger charge is -2.24. The fraction of sp³-hybridized carbons (Fsp3) is 0.200. The minimum atomic E-state index is -0.453. The van der Waals surface area contributed by atoms with E-state index in [4.69, 9.17) is 21.1 Å². The Hall–Kier alpha value is -5.59. The van der Waals surface area contributed by atoms with Gasteiger partial charge in [-0.1, -0.05) is 55.0 Å². The Balaban J connectivity index is 1.08. The van der Waals surface area contributed by atoms with Crippen molar-refractivity contribution in [1.29, 1.82) is 0 Å². The van der Waals surface area contributed by atoms with Crippen LogP contribution in [0.4, 0.5) is 11.4 Å². The molecule has 7 aromatic rings. The predicted molar refractivity (Wildman–Crippen MR) is 180 cm³/mol. The van der Waals surface area contributed by atoms with Gasteiger partial charge in [0.2, 0.25) is 9.92 Å². The lowest BCUT2D eigenvalue weighted by atomic mass is 9.86. The molecule has 0 atom stereocenters. The van der Waals surface area contributed by atoms with E-state index in [0.717, 1.165) is 11.1 Å². The SMILES string of the molecule is CC(C)(C)c1cc(OCc2nnc3sc(-c4ccc([N+](=O)[O-])cc4)nn23)c(Cl)cc1OCc1nnc2sc(-c3ccc([N+](=O)[O-])cc3)nn12. The fourth-order valence-electron chi connectivity index (χ4n) is 4.82. The summed E-state index contributed by atoms with van der Waals surface area (Å²) in [5.74, 6) is 1.85. The number of hydrogen-bond donors (Lipinski definition) is 0. The standard InChI is InChI=1S/C30H23ClN10O6S2/c1-30(2,3)20-12-23(47-15-25-33-35-29-39(25)37-27(49-29)17-6-10-19(11-7-17)41(44)45)21(31)13-22(20)46-14-24-32-34-28-38(24)36-26(48-28)16-4-8-18(9-5-16)40(42)43/h4-13H,14-15H2,1-3H3. The molecule has 0 unspecified atom stereocenters. The highest BCUT2D eigenvalue weighted by molar-refractivity contribution is 7.20. The Kier molecular flexibility index (Phi) is 8.13. The summed E-state index contributed by atoms with van der Waals surface area (Å²) in [7, 11) is 0. The van der Waals surface area contributed by atoms with Crippen LogP contribution in [-0.2, 0) is 18.6 Å². The van der Waals surface area contributed by atoms with E-state index in [-0.39, 0.29) is 30.0 Å². The molecule has 0 aliphatic heterocycles. The maximum absolute atomic E-state index is 11.0. The van der Waals surface area contributed by atoms with E-state index in [2.05, 4.69) is 30.6 Å². The van der Waals surface area contributed by atoms with E-state index in [1.807, 2.05) is 26.8 Å². The Morgan fingerprint density at radius 2 is 1.16 bits per heavy atom. The molecule has 3 aromatic carbocycles. The highest BCUT2D eigenvalue weighted by Crippen LogP contribution is 2.40. The van der Waals surface area contributed by atoms with Crippen molar-refractivity contribution in [3.05, 3.63) is 103 Å². The fourth-order valence-corrected chi connectivity index (χ4v) is 6.75. The zero-order valence-electron chi connectivity index (χ0n) is 25.8. The van der Waals surface area contributed by atoms with Gasteiger partial charge in [-0.2, -0.15) is 19.2 Å². The van der Waals surface area contributed by atoms with Crippen LogP contribution in [-0.4, -0.2) is 49.5 Å². The Morgan fingerprint density at radius 1 is 0.714 bits per heavy atom. The predicted octanol–water partition coefficient (Wildman–Crippen LogP) is 6.94. The van der Waals surface area contributed by atoms with Crippen molar-refractivity contribution in [2.75, 3.05) is 0 Å². The van der Waals surface area contributed by atoms with Gasteiger partial charge < -0.3 is 9.47 Å². The van der Waals surface area contributed by atoms with Crippen LogP contribution in [0.3, 0.4) is 0 Å². The van der Waals surface area contributed by atoms with Crippen LogP contribution >= 0.6 is 34.3 Å². The number of benzene rings is 3. The molecule has 0 saturated heterocycles. The van der Waals surface area contributed by atoms with Gasteiger partial charge in [0, 0.05) is 47.0 Å². The molecule has 4 heterocycles. The Morgan fingerprint density at radius 3 is 1.59 bits per heavy atom. The molecule has 0 aliphatic rings. The molecular weight excluding hydrogens is 696 g/mol.